The Morgan fingerprint density at radius 2 is 1.97 bits per heavy atom. The molecule has 39 heavy (non-hydrogen) atoms. The van der Waals surface area contributed by atoms with Gasteiger partial charge in [0, 0.05) is 47.8 Å². The van der Waals surface area contributed by atoms with Crippen molar-refractivity contribution < 1.29 is 0 Å². The average molecular weight is 568 g/mol. The first-order chi connectivity index (χ1) is 18.7. The second-order valence-electron chi connectivity index (χ2n) is 12.6. The summed E-state index contributed by atoms with van der Waals surface area (Å²) in [5.74, 6) is 4.13. The number of nitrogens with one attached hydrogen (secondary N) is 3. The van der Waals surface area contributed by atoms with Crippen molar-refractivity contribution in [2.75, 3.05) is 25.0 Å². The maximum Gasteiger partial charge on any atom is 0.198 e. The van der Waals surface area contributed by atoms with Gasteiger partial charge in [-0.15, -0.1) is 0 Å². The number of hydrogen-bond acceptors (Lipinski definition) is 3. The van der Waals surface area contributed by atoms with Gasteiger partial charge in [-0.1, -0.05) is 50.0 Å². The number of hydrogen-bond donors (Lipinski definition) is 3. The number of aliphatic imine (C=N–C) groups is 1. The van der Waals surface area contributed by atoms with Gasteiger partial charge < -0.3 is 20.5 Å². The van der Waals surface area contributed by atoms with E-state index in [0.717, 1.165) is 78.4 Å². The summed E-state index contributed by atoms with van der Waals surface area (Å²) in [7, 11) is 0. The molecule has 8 heteroatoms. The van der Waals surface area contributed by atoms with Crippen LogP contribution in [-0.4, -0.2) is 52.5 Å². The Morgan fingerprint density at radius 3 is 2.72 bits per heavy atom. The van der Waals surface area contributed by atoms with E-state index < -0.39 is 0 Å². The molecule has 7 rings (SSSR count). The van der Waals surface area contributed by atoms with Crippen molar-refractivity contribution in [1.29, 1.82) is 0 Å². The number of aromatic amines is 1. The summed E-state index contributed by atoms with van der Waals surface area (Å²) in [4.78, 5) is 16.2. The van der Waals surface area contributed by atoms with E-state index in [9.17, 15) is 0 Å². The van der Waals surface area contributed by atoms with Crippen LogP contribution in [0.2, 0.25) is 10.0 Å². The Bertz CT molecular complexity index is 1380. The monoisotopic (exact) mass is 566 g/mol. The van der Waals surface area contributed by atoms with Crippen LogP contribution in [-0.2, 0) is 12.8 Å². The highest BCUT2D eigenvalue weighted by molar-refractivity contribution is 6.35. The third kappa shape index (κ3) is 5.40. The minimum Gasteiger partial charge on any atom is -0.342 e. The lowest BCUT2D eigenvalue weighted by Crippen LogP contribution is -2.57. The summed E-state index contributed by atoms with van der Waals surface area (Å²) in [6, 6.07) is 12.9. The molecule has 3 saturated carbocycles. The van der Waals surface area contributed by atoms with Crippen LogP contribution in [0.1, 0.15) is 51.9 Å². The summed E-state index contributed by atoms with van der Waals surface area (Å²) >= 11 is 12.4. The highest BCUT2D eigenvalue weighted by Crippen LogP contribution is 2.61. The molecule has 0 radical (unpaired) electrons. The highest BCUT2D eigenvalue weighted by Gasteiger charge is 2.56. The first-order valence-electron chi connectivity index (χ1n) is 14.4. The zero-order valence-corrected chi connectivity index (χ0v) is 24.9. The fraction of sp³-hybridized carbons (Fsp3) is 0.548. The van der Waals surface area contributed by atoms with E-state index in [1.54, 1.807) is 6.07 Å². The van der Waals surface area contributed by atoms with Gasteiger partial charge in [-0.3, -0.25) is 0 Å². The van der Waals surface area contributed by atoms with Gasteiger partial charge in [0.15, 0.2) is 5.96 Å². The van der Waals surface area contributed by atoms with Crippen molar-refractivity contribution in [3.05, 3.63) is 57.8 Å². The SMILES string of the molecule is CC1CN(/C(=N\[C@H]2C[C@H]3C[C@@H]([C@@H]2C)C3(C)C)Nc2ccc3[nH]c(CCc4ccc(Cl)cc4Cl)nc3c2)CCN1. The number of fused-ring (bicyclic) bond motifs is 3. The lowest BCUT2D eigenvalue weighted by atomic mass is 9.45. The highest BCUT2D eigenvalue weighted by atomic mass is 35.5. The maximum absolute atomic E-state index is 6.38. The van der Waals surface area contributed by atoms with Gasteiger partial charge in [-0.25, -0.2) is 9.98 Å². The number of benzene rings is 2. The fourth-order valence-corrected chi connectivity index (χ4v) is 7.63. The van der Waals surface area contributed by atoms with Crippen molar-refractivity contribution in [2.45, 2.75) is 65.5 Å². The normalized spacial score (nSPS) is 28.4. The van der Waals surface area contributed by atoms with Crippen LogP contribution >= 0.6 is 23.2 Å². The molecule has 2 bridgehead atoms. The molecular weight excluding hydrogens is 527 g/mol. The van der Waals surface area contributed by atoms with Crippen LogP contribution in [0, 0.1) is 23.2 Å². The maximum atomic E-state index is 6.38. The van der Waals surface area contributed by atoms with Crippen LogP contribution in [0.5, 0.6) is 0 Å². The molecule has 6 nitrogen and oxygen atoms in total. The van der Waals surface area contributed by atoms with E-state index >= 15 is 0 Å². The molecule has 1 saturated heterocycles. The molecule has 208 valence electrons. The second-order valence-corrected chi connectivity index (χ2v) is 13.4. The Morgan fingerprint density at radius 1 is 1.13 bits per heavy atom. The molecule has 3 aliphatic carbocycles. The topological polar surface area (TPSA) is 68.3 Å². The number of rotatable bonds is 5. The molecule has 0 spiro atoms. The van der Waals surface area contributed by atoms with Gasteiger partial charge in [0.2, 0.25) is 0 Å². The number of nitrogens with zero attached hydrogens (tertiary/aromatic N) is 3. The van der Waals surface area contributed by atoms with Gasteiger partial charge in [0.25, 0.3) is 0 Å². The molecule has 2 aromatic carbocycles. The molecule has 3 aromatic rings. The van der Waals surface area contributed by atoms with Gasteiger partial charge in [-0.2, -0.15) is 0 Å². The predicted molar refractivity (Wildman–Crippen MR) is 163 cm³/mol. The quantitative estimate of drug-likeness (QED) is 0.235. The molecule has 1 aliphatic heterocycles. The number of anilines is 1. The molecule has 1 aromatic heterocycles. The Hall–Kier alpha value is -2.28. The molecule has 0 amide bonds. The first kappa shape index (κ1) is 26.9. The van der Waals surface area contributed by atoms with E-state index in [1.165, 1.54) is 12.8 Å². The number of H-pyrrole nitrogens is 1. The molecule has 4 aliphatic rings. The van der Waals surface area contributed by atoms with Crippen molar-refractivity contribution in [1.82, 2.24) is 20.2 Å². The zero-order chi connectivity index (χ0) is 27.3. The van der Waals surface area contributed by atoms with E-state index in [2.05, 4.69) is 66.4 Å². The predicted octanol–water partition coefficient (Wildman–Crippen LogP) is 6.79. The van der Waals surface area contributed by atoms with Crippen LogP contribution in [0.15, 0.2) is 41.4 Å². The molecule has 2 heterocycles. The minimum atomic E-state index is 0.370. The van der Waals surface area contributed by atoms with Gasteiger partial charge >= 0.3 is 0 Å². The summed E-state index contributed by atoms with van der Waals surface area (Å²) in [6.45, 7) is 12.5. The number of guanidine groups is 1. The molecule has 5 atom stereocenters. The van der Waals surface area contributed by atoms with Crippen LogP contribution in [0.3, 0.4) is 0 Å². The van der Waals surface area contributed by atoms with E-state index in [4.69, 9.17) is 33.2 Å². The summed E-state index contributed by atoms with van der Waals surface area (Å²) < 4.78 is 0. The lowest BCUT2D eigenvalue weighted by molar-refractivity contribution is -0.108. The second kappa shape index (κ2) is 10.6. The van der Waals surface area contributed by atoms with Gasteiger partial charge in [0.1, 0.15) is 5.82 Å². The molecular formula is C31H40Cl2N6. The fourth-order valence-electron chi connectivity index (χ4n) is 7.13. The number of piperazine rings is 1. The van der Waals surface area contributed by atoms with E-state index in [0.29, 0.717) is 33.5 Å². The van der Waals surface area contributed by atoms with Crippen LogP contribution in [0.25, 0.3) is 11.0 Å². The zero-order valence-electron chi connectivity index (χ0n) is 23.4. The minimum absolute atomic E-state index is 0.370. The summed E-state index contributed by atoms with van der Waals surface area (Å²) in [5.41, 5.74) is 4.56. The number of imidazole rings is 1. The smallest absolute Gasteiger partial charge is 0.198 e. The van der Waals surface area contributed by atoms with Crippen LogP contribution < -0.4 is 10.6 Å². The lowest BCUT2D eigenvalue weighted by Gasteiger charge is -2.61. The molecule has 3 N–H and O–H groups in total. The van der Waals surface area contributed by atoms with Crippen molar-refractivity contribution in [3.8, 4) is 0 Å². The van der Waals surface area contributed by atoms with E-state index in [1.807, 2.05) is 12.1 Å². The standard InChI is InChI=1S/C31H40Cl2N6/c1-18-17-39(12-11-34-18)30(38-27-14-21-13-24(19(27)2)31(21,3)4)35-23-8-9-26-28(16-23)37-29(36-26)10-6-20-5-7-22(32)15-25(20)33/h5,7-9,15-16,18-19,21,24,27,34H,6,10-14,17H2,1-4H3,(H,35,38)(H,36,37)/t18?,19-,21+,24-,27-/m0/s1. The Labute approximate surface area is 242 Å². The van der Waals surface area contributed by atoms with Gasteiger partial charge in [-0.05, 0) is 85.3 Å². The van der Waals surface area contributed by atoms with Crippen molar-refractivity contribution in [3.63, 3.8) is 0 Å². The molecule has 4 fully saturated rings. The van der Waals surface area contributed by atoms with Crippen molar-refractivity contribution >= 4 is 45.9 Å². The van der Waals surface area contributed by atoms with E-state index in [-0.39, 0.29) is 0 Å². The number of aromatic nitrogens is 2. The number of halogens is 2. The number of aryl methyl sites for hydroxylation is 2. The summed E-state index contributed by atoms with van der Waals surface area (Å²) in [6.07, 6.45) is 4.15. The van der Waals surface area contributed by atoms with Crippen molar-refractivity contribution in [2.24, 2.45) is 28.2 Å². The first-order valence-corrected chi connectivity index (χ1v) is 15.2. The molecule has 1 unspecified atom stereocenters. The van der Waals surface area contributed by atoms with Gasteiger partial charge in [0.05, 0.1) is 17.1 Å². The Kier molecular flexibility index (Phi) is 7.32. The third-order valence-electron chi connectivity index (χ3n) is 9.70. The Balaban J connectivity index is 1.21. The summed E-state index contributed by atoms with van der Waals surface area (Å²) in [5, 5.41) is 8.65. The average Bonchev–Trinajstić information content (AvgIpc) is 3.30. The largest absolute Gasteiger partial charge is 0.342 e. The van der Waals surface area contributed by atoms with Crippen LogP contribution in [0.4, 0.5) is 5.69 Å². The third-order valence-corrected chi connectivity index (χ3v) is 10.3.